The lowest BCUT2D eigenvalue weighted by Crippen LogP contribution is -2.41. The van der Waals surface area contributed by atoms with Crippen LogP contribution < -0.4 is 29.2 Å². The van der Waals surface area contributed by atoms with Gasteiger partial charge >= 0.3 is 0 Å². The predicted octanol–water partition coefficient (Wildman–Crippen LogP) is 2.65. The number of fused-ring (bicyclic) bond motifs is 1. The van der Waals surface area contributed by atoms with Crippen LogP contribution in [0.5, 0.6) is 23.0 Å². The van der Waals surface area contributed by atoms with E-state index in [2.05, 4.69) is 5.32 Å². The van der Waals surface area contributed by atoms with Gasteiger partial charge < -0.3 is 33.9 Å². The molecule has 2 aromatic carbocycles. The maximum Gasteiger partial charge on any atom is 0.234 e. The Bertz CT molecular complexity index is 1150. The number of methoxy groups -OCH3 is 4. The molecule has 2 saturated heterocycles. The third-order valence-electron chi connectivity index (χ3n) is 6.70. The van der Waals surface area contributed by atoms with Crippen LogP contribution in [0.4, 0.5) is 11.4 Å². The minimum atomic E-state index is -0.831. The molecule has 0 radical (unpaired) electrons. The van der Waals surface area contributed by atoms with Crippen LogP contribution in [0.3, 0.4) is 0 Å². The zero-order valence-corrected chi connectivity index (χ0v) is 19.4. The van der Waals surface area contributed by atoms with Crippen LogP contribution in [0, 0.1) is 11.8 Å². The molecule has 34 heavy (non-hydrogen) atoms. The normalized spacial score (nSPS) is 26.4. The monoisotopic (exact) mass is 466 g/mol. The lowest BCUT2D eigenvalue weighted by molar-refractivity contribution is -0.128. The second-order valence-electron chi connectivity index (χ2n) is 8.43. The molecule has 3 heterocycles. The van der Waals surface area contributed by atoms with E-state index in [-0.39, 0.29) is 11.8 Å². The first-order valence-corrected chi connectivity index (χ1v) is 10.9. The Balaban J connectivity index is 1.43. The van der Waals surface area contributed by atoms with Crippen molar-refractivity contribution in [2.24, 2.45) is 11.8 Å². The van der Waals surface area contributed by atoms with E-state index in [1.165, 1.54) is 21.3 Å². The molecular formula is C25H26N2O7. The predicted molar refractivity (Wildman–Crippen MR) is 124 cm³/mol. The van der Waals surface area contributed by atoms with Crippen molar-refractivity contribution in [2.75, 3.05) is 45.2 Å². The van der Waals surface area contributed by atoms with Crippen LogP contribution in [-0.4, -0.2) is 58.5 Å². The Labute approximate surface area is 197 Å². The number of ether oxygens (including phenoxy) is 5. The van der Waals surface area contributed by atoms with Crippen LogP contribution in [0.2, 0.25) is 0 Å². The molecule has 0 aromatic heterocycles. The summed E-state index contributed by atoms with van der Waals surface area (Å²) in [7, 11) is 6.10. The zero-order chi connectivity index (χ0) is 24.0. The summed E-state index contributed by atoms with van der Waals surface area (Å²) in [6.45, 7) is 0.338. The highest BCUT2D eigenvalue weighted by molar-refractivity contribution is 6.05. The number of nitrogens with one attached hydrogen (secondary N) is 1. The van der Waals surface area contributed by atoms with E-state index in [1.807, 2.05) is 30.4 Å². The van der Waals surface area contributed by atoms with Crippen LogP contribution in [-0.2, 0) is 14.3 Å². The van der Waals surface area contributed by atoms with Gasteiger partial charge in [0, 0.05) is 29.6 Å². The fourth-order valence-corrected chi connectivity index (χ4v) is 5.17. The zero-order valence-electron chi connectivity index (χ0n) is 19.4. The molecule has 1 N–H and O–H groups in total. The molecule has 2 fully saturated rings. The summed E-state index contributed by atoms with van der Waals surface area (Å²) in [6, 6.07) is 10.6. The van der Waals surface area contributed by atoms with E-state index < -0.39 is 23.5 Å². The van der Waals surface area contributed by atoms with Gasteiger partial charge in [0.2, 0.25) is 17.6 Å². The Hall–Kier alpha value is -3.72. The minimum absolute atomic E-state index is 0.148. The summed E-state index contributed by atoms with van der Waals surface area (Å²) in [5.74, 6) is 0.146. The van der Waals surface area contributed by atoms with Crippen molar-refractivity contribution in [1.82, 2.24) is 0 Å². The molecule has 2 amide bonds. The molecule has 3 aliphatic heterocycles. The highest BCUT2D eigenvalue weighted by Gasteiger charge is 2.67. The van der Waals surface area contributed by atoms with Gasteiger partial charge in [-0.2, -0.15) is 0 Å². The summed E-state index contributed by atoms with van der Waals surface area (Å²) in [6.07, 6.45) is 3.32. The van der Waals surface area contributed by atoms with Gasteiger partial charge in [-0.3, -0.25) is 9.59 Å². The van der Waals surface area contributed by atoms with Crippen LogP contribution >= 0.6 is 0 Å². The Morgan fingerprint density at radius 1 is 1.06 bits per heavy atom. The molecule has 178 valence electrons. The van der Waals surface area contributed by atoms with Gasteiger partial charge in [-0.1, -0.05) is 18.2 Å². The van der Waals surface area contributed by atoms with Crippen molar-refractivity contribution >= 4 is 23.2 Å². The van der Waals surface area contributed by atoms with Crippen molar-refractivity contribution in [3.8, 4) is 23.0 Å². The van der Waals surface area contributed by atoms with E-state index in [9.17, 15) is 9.59 Å². The Morgan fingerprint density at radius 2 is 1.79 bits per heavy atom. The average Bonchev–Trinajstić information content (AvgIpc) is 3.51. The maximum atomic E-state index is 13.6. The van der Waals surface area contributed by atoms with Gasteiger partial charge in [0.25, 0.3) is 0 Å². The third-order valence-corrected chi connectivity index (χ3v) is 6.70. The lowest BCUT2D eigenvalue weighted by atomic mass is 9.77. The topological polar surface area (TPSA) is 95.6 Å². The van der Waals surface area contributed by atoms with Crippen molar-refractivity contribution in [2.45, 2.75) is 11.7 Å². The molecule has 0 saturated carbocycles. The number of hydrogen-bond donors (Lipinski definition) is 1. The van der Waals surface area contributed by atoms with E-state index in [4.69, 9.17) is 23.7 Å². The van der Waals surface area contributed by atoms with Gasteiger partial charge in [0.1, 0.15) is 11.4 Å². The fraction of sp³-hybridized carbons (Fsp3) is 0.360. The highest BCUT2D eigenvalue weighted by atomic mass is 16.5. The number of carbonyl (C=O) groups is 2. The number of anilines is 2. The highest BCUT2D eigenvalue weighted by Crippen LogP contribution is 2.53. The van der Waals surface area contributed by atoms with Crippen LogP contribution in [0.15, 0.2) is 48.6 Å². The second kappa shape index (κ2) is 8.25. The van der Waals surface area contributed by atoms with Gasteiger partial charge in [-0.25, -0.2) is 0 Å². The van der Waals surface area contributed by atoms with Gasteiger partial charge in [-0.05, 0) is 12.1 Å². The number of hydrogen-bond acceptors (Lipinski definition) is 7. The SMILES string of the molecule is COc1cccc(N2C[C@@]34C=C[C@@H](O3)[C@H](C(=O)Nc3cc(OC)c(OC)c(OC)c3)[C@@H]4C2=O)c1. The molecule has 5 rings (SSSR count). The number of nitrogens with zero attached hydrogens (tertiary/aromatic N) is 1. The van der Waals surface area contributed by atoms with E-state index in [0.717, 1.165) is 0 Å². The van der Waals surface area contributed by atoms with Crippen molar-refractivity contribution < 1.29 is 33.3 Å². The Kier molecular flexibility index (Phi) is 5.36. The number of carbonyl (C=O) groups excluding carboxylic acids is 2. The average molecular weight is 466 g/mol. The van der Waals surface area contributed by atoms with Crippen molar-refractivity contribution in [1.29, 1.82) is 0 Å². The molecule has 1 spiro atoms. The molecule has 2 bridgehead atoms. The minimum Gasteiger partial charge on any atom is -0.497 e. The van der Waals surface area contributed by atoms with Crippen molar-refractivity contribution in [3.05, 3.63) is 48.6 Å². The molecule has 3 aliphatic rings. The molecule has 0 aliphatic carbocycles. The summed E-state index contributed by atoms with van der Waals surface area (Å²) in [4.78, 5) is 28.7. The molecule has 0 unspecified atom stereocenters. The van der Waals surface area contributed by atoms with Gasteiger partial charge in [0.15, 0.2) is 11.5 Å². The lowest BCUT2D eigenvalue weighted by Gasteiger charge is -2.24. The maximum absolute atomic E-state index is 13.6. The smallest absolute Gasteiger partial charge is 0.234 e. The number of benzene rings is 2. The first-order chi connectivity index (χ1) is 16.4. The van der Waals surface area contributed by atoms with E-state index >= 15 is 0 Å². The molecule has 9 heteroatoms. The van der Waals surface area contributed by atoms with Crippen LogP contribution in [0.1, 0.15) is 0 Å². The van der Waals surface area contributed by atoms with Gasteiger partial charge in [-0.15, -0.1) is 0 Å². The first kappa shape index (κ1) is 22.1. The van der Waals surface area contributed by atoms with Crippen LogP contribution in [0.25, 0.3) is 0 Å². The first-order valence-electron chi connectivity index (χ1n) is 10.9. The molecule has 9 nitrogen and oxygen atoms in total. The van der Waals surface area contributed by atoms with E-state index in [0.29, 0.717) is 40.9 Å². The van der Waals surface area contributed by atoms with Crippen molar-refractivity contribution in [3.63, 3.8) is 0 Å². The Morgan fingerprint density at radius 3 is 2.44 bits per heavy atom. The second-order valence-corrected chi connectivity index (χ2v) is 8.43. The van der Waals surface area contributed by atoms with E-state index in [1.54, 1.807) is 30.2 Å². The summed E-state index contributed by atoms with van der Waals surface area (Å²) >= 11 is 0. The fourth-order valence-electron chi connectivity index (χ4n) is 5.17. The largest absolute Gasteiger partial charge is 0.497 e. The number of rotatable bonds is 7. The summed E-state index contributed by atoms with van der Waals surface area (Å²) in [5.41, 5.74) is 0.343. The quantitative estimate of drug-likeness (QED) is 0.627. The molecule has 4 atom stereocenters. The third kappa shape index (κ3) is 3.27. The summed E-state index contributed by atoms with van der Waals surface area (Å²) < 4.78 is 27.6. The standard InChI is InChI=1S/C25H26N2O7/c1-30-16-7-5-6-15(12-16)27-13-25-9-8-17(34-25)20(21(25)24(27)29)23(28)26-14-10-18(31-2)22(33-4)19(11-14)32-3/h5-12,17,20-21H,13H2,1-4H3,(H,26,28)/t17-,20+,21-,25-/m1/s1. The summed E-state index contributed by atoms with van der Waals surface area (Å²) in [5, 5.41) is 2.91. The number of amides is 2. The molecular weight excluding hydrogens is 440 g/mol. The van der Waals surface area contributed by atoms with Gasteiger partial charge in [0.05, 0.1) is 52.9 Å². The molecule has 2 aromatic rings.